The summed E-state index contributed by atoms with van der Waals surface area (Å²) in [5.74, 6) is 1.73. The highest BCUT2D eigenvalue weighted by Crippen LogP contribution is 2.28. The largest absolute Gasteiger partial charge is 0.489 e. The molecule has 3 saturated heterocycles. The van der Waals surface area contributed by atoms with Gasteiger partial charge in [0.05, 0.1) is 24.8 Å². The first-order valence-corrected chi connectivity index (χ1v) is 14.5. The third kappa shape index (κ3) is 6.25. The van der Waals surface area contributed by atoms with Crippen LogP contribution in [-0.2, 0) is 4.74 Å². The van der Waals surface area contributed by atoms with Crippen LogP contribution < -0.4 is 20.3 Å². The van der Waals surface area contributed by atoms with Crippen LogP contribution in [0.3, 0.4) is 0 Å². The molecule has 3 fully saturated rings. The molecule has 11 heteroatoms. The molecule has 6 rings (SSSR count). The second-order valence-electron chi connectivity index (χ2n) is 10.8. The predicted molar refractivity (Wildman–Crippen MR) is 160 cm³/mol. The first kappa shape index (κ1) is 27.8. The number of urea groups is 1. The number of ether oxygens (including phenoxy) is 2. The lowest BCUT2D eigenvalue weighted by Crippen LogP contribution is -2.56. The van der Waals surface area contributed by atoms with Crippen molar-refractivity contribution in [3.05, 3.63) is 60.3 Å². The number of carbonyl (C=O) groups is 1. The molecule has 11 nitrogen and oxygen atoms in total. The summed E-state index contributed by atoms with van der Waals surface area (Å²) >= 11 is 0. The van der Waals surface area contributed by atoms with Gasteiger partial charge in [-0.15, -0.1) is 0 Å². The molecule has 0 saturated carbocycles. The number of hydrogen-bond donors (Lipinski definition) is 2. The number of rotatable bonds is 7. The topological polar surface area (TPSA) is 119 Å². The number of nitriles is 1. The summed E-state index contributed by atoms with van der Waals surface area (Å²) < 4.78 is 11.5. The summed E-state index contributed by atoms with van der Waals surface area (Å²) in [4.78, 5) is 27.7. The summed E-state index contributed by atoms with van der Waals surface area (Å²) in [5.41, 5.74) is 3.33. The van der Waals surface area contributed by atoms with Crippen LogP contribution in [0.25, 0.3) is 11.4 Å². The number of piperazine rings is 1. The lowest BCUT2D eigenvalue weighted by atomic mass is 10.1. The molecule has 1 aromatic heterocycles. The predicted octanol–water partition coefficient (Wildman–Crippen LogP) is 3.46. The number of carbonyl (C=O) groups excluding carboxylic acids is 1. The second kappa shape index (κ2) is 12.6. The summed E-state index contributed by atoms with van der Waals surface area (Å²) in [6.45, 7) is 7.14. The molecule has 4 heterocycles. The first-order valence-electron chi connectivity index (χ1n) is 14.5. The minimum absolute atomic E-state index is 0.0499. The Morgan fingerprint density at radius 3 is 2.45 bits per heavy atom. The van der Waals surface area contributed by atoms with Gasteiger partial charge < -0.3 is 29.9 Å². The van der Waals surface area contributed by atoms with Crippen LogP contribution in [0.1, 0.15) is 18.4 Å². The Hall–Kier alpha value is -4.40. The maximum atomic E-state index is 11.8. The number of hydrogen-bond acceptors (Lipinski definition) is 9. The molecule has 3 aromatic rings. The van der Waals surface area contributed by atoms with E-state index < -0.39 is 0 Å². The minimum Gasteiger partial charge on any atom is -0.489 e. The number of amides is 2. The lowest BCUT2D eigenvalue weighted by molar-refractivity contribution is -0.0660. The van der Waals surface area contributed by atoms with Crippen molar-refractivity contribution in [2.24, 2.45) is 0 Å². The Morgan fingerprint density at radius 1 is 1.02 bits per heavy atom. The van der Waals surface area contributed by atoms with Gasteiger partial charge in [-0.05, 0) is 48.5 Å². The number of likely N-dealkylation sites (tertiary alicyclic amines) is 1. The quantitative estimate of drug-likeness (QED) is 0.442. The van der Waals surface area contributed by atoms with Gasteiger partial charge in [0.25, 0.3) is 0 Å². The number of benzene rings is 2. The molecule has 3 aliphatic heterocycles. The van der Waals surface area contributed by atoms with Crippen molar-refractivity contribution in [1.29, 1.82) is 5.26 Å². The van der Waals surface area contributed by atoms with Crippen LogP contribution in [0, 0.1) is 11.3 Å². The van der Waals surface area contributed by atoms with Crippen molar-refractivity contribution >= 4 is 23.2 Å². The van der Waals surface area contributed by atoms with Crippen LogP contribution in [0.15, 0.2) is 54.7 Å². The van der Waals surface area contributed by atoms with Gasteiger partial charge in [-0.1, -0.05) is 0 Å². The van der Waals surface area contributed by atoms with Gasteiger partial charge in [0.1, 0.15) is 23.7 Å². The van der Waals surface area contributed by atoms with Crippen molar-refractivity contribution in [2.45, 2.75) is 25.0 Å². The van der Waals surface area contributed by atoms with Gasteiger partial charge in [0.15, 0.2) is 5.82 Å². The van der Waals surface area contributed by atoms with Crippen LogP contribution >= 0.6 is 0 Å². The van der Waals surface area contributed by atoms with Crippen LogP contribution in [0.5, 0.6) is 5.75 Å². The Labute approximate surface area is 246 Å². The molecule has 42 heavy (non-hydrogen) atoms. The Kier molecular flexibility index (Phi) is 8.35. The van der Waals surface area contributed by atoms with E-state index in [1.165, 1.54) is 5.69 Å². The van der Waals surface area contributed by atoms with E-state index in [0.717, 1.165) is 50.6 Å². The highest BCUT2D eigenvalue weighted by atomic mass is 16.5. The highest BCUT2D eigenvalue weighted by molar-refractivity contribution is 5.73. The van der Waals surface area contributed by atoms with E-state index in [2.05, 4.69) is 55.8 Å². The molecule has 218 valence electrons. The van der Waals surface area contributed by atoms with E-state index in [1.54, 1.807) is 30.3 Å². The summed E-state index contributed by atoms with van der Waals surface area (Å²) in [6.07, 6.45) is 3.09. The van der Waals surface area contributed by atoms with Crippen molar-refractivity contribution in [3.63, 3.8) is 0 Å². The van der Waals surface area contributed by atoms with Crippen LogP contribution in [-0.4, -0.2) is 97.5 Å². The van der Waals surface area contributed by atoms with Gasteiger partial charge >= 0.3 is 6.03 Å². The summed E-state index contributed by atoms with van der Waals surface area (Å²) in [5, 5.41) is 15.9. The van der Waals surface area contributed by atoms with Crippen molar-refractivity contribution in [2.75, 3.05) is 69.7 Å². The molecule has 0 bridgehead atoms. The van der Waals surface area contributed by atoms with Gasteiger partial charge in [0, 0.05) is 82.3 Å². The molecule has 2 aromatic carbocycles. The number of aromatic nitrogens is 2. The van der Waals surface area contributed by atoms with Crippen molar-refractivity contribution in [3.8, 4) is 23.2 Å². The van der Waals surface area contributed by atoms with Gasteiger partial charge in [-0.2, -0.15) is 5.26 Å². The molecule has 3 aliphatic rings. The fourth-order valence-corrected chi connectivity index (χ4v) is 5.62. The maximum Gasteiger partial charge on any atom is 0.317 e. The molecule has 0 radical (unpaired) electrons. The van der Waals surface area contributed by atoms with E-state index in [4.69, 9.17) is 14.5 Å². The van der Waals surface area contributed by atoms with Crippen LogP contribution in [0.2, 0.25) is 0 Å². The van der Waals surface area contributed by atoms with Gasteiger partial charge in [-0.25, -0.2) is 14.8 Å². The molecule has 2 amide bonds. The average molecular weight is 569 g/mol. The van der Waals surface area contributed by atoms with Gasteiger partial charge in [0.2, 0.25) is 0 Å². The third-order valence-electron chi connectivity index (χ3n) is 8.21. The Balaban J connectivity index is 1.07. The zero-order valence-corrected chi connectivity index (χ0v) is 23.8. The summed E-state index contributed by atoms with van der Waals surface area (Å²) in [7, 11) is 1.63. The normalized spacial score (nSPS) is 18.2. The van der Waals surface area contributed by atoms with E-state index >= 15 is 0 Å². The smallest absolute Gasteiger partial charge is 0.317 e. The Morgan fingerprint density at radius 2 is 1.79 bits per heavy atom. The average Bonchev–Trinajstić information content (AvgIpc) is 3.01. The molecule has 0 atom stereocenters. The standard InChI is InChI=1S/C31H36N8O3/c1-33-31(40)39-12-9-27(10-13-39)42-28-7-2-22(18-23(28)19-32)30-34-11-8-29(36-30)35-24-3-5-25(6-4-24)37-14-16-38(17-15-37)26-20-41-21-26/h2-8,11,18,26-27H,9-10,12-17,20-21H2,1H3,(H,33,40)(H,34,35,36). The first-order chi connectivity index (χ1) is 20.6. The van der Waals surface area contributed by atoms with Crippen molar-refractivity contribution in [1.82, 2.24) is 25.1 Å². The SMILES string of the molecule is CNC(=O)N1CCC(Oc2ccc(-c3nccc(Nc4ccc(N5CCN(C6COC6)CC5)cc4)n3)cc2C#N)CC1. The molecular formula is C31H36N8O3. The summed E-state index contributed by atoms with van der Waals surface area (Å²) in [6, 6.07) is 18.5. The lowest BCUT2D eigenvalue weighted by Gasteiger charge is -2.43. The second-order valence-corrected chi connectivity index (χ2v) is 10.8. The maximum absolute atomic E-state index is 11.8. The molecule has 0 spiro atoms. The monoisotopic (exact) mass is 568 g/mol. The van der Waals surface area contributed by atoms with Crippen molar-refractivity contribution < 1.29 is 14.3 Å². The molecule has 0 aliphatic carbocycles. The number of anilines is 3. The number of piperidine rings is 1. The van der Waals surface area contributed by atoms with E-state index in [-0.39, 0.29) is 12.1 Å². The fourth-order valence-electron chi connectivity index (χ4n) is 5.62. The highest BCUT2D eigenvalue weighted by Gasteiger charge is 2.29. The fraction of sp³-hybridized carbons (Fsp3) is 0.419. The van der Waals surface area contributed by atoms with E-state index in [9.17, 15) is 10.1 Å². The Bertz CT molecular complexity index is 1420. The zero-order chi connectivity index (χ0) is 28.9. The van der Waals surface area contributed by atoms with Crippen LogP contribution in [0.4, 0.5) is 22.0 Å². The van der Waals surface area contributed by atoms with Gasteiger partial charge in [-0.3, -0.25) is 4.90 Å². The molecular weight excluding hydrogens is 532 g/mol. The molecule has 0 unspecified atom stereocenters. The molecule has 2 N–H and O–H groups in total. The number of nitrogens with one attached hydrogen (secondary N) is 2. The zero-order valence-electron chi connectivity index (χ0n) is 23.8. The minimum atomic E-state index is -0.0753. The van der Waals surface area contributed by atoms with E-state index in [1.807, 2.05) is 12.1 Å². The van der Waals surface area contributed by atoms with E-state index in [0.29, 0.717) is 54.9 Å². The third-order valence-corrected chi connectivity index (χ3v) is 8.21. The number of nitrogens with zero attached hydrogens (tertiary/aromatic N) is 6.